The Kier molecular flexibility index (Phi) is 6.15. The number of hydrogen-bond donors (Lipinski definition) is 1. The van der Waals surface area contributed by atoms with Crippen molar-refractivity contribution in [2.24, 2.45) is 0 Å². The van der Waals surface area contributed by atoms with Crippen LogP contribution in [-0.2, 0) is 17.6 Å². The minimum atomic E-state index is -0.559. The smallest absolute Gasteiger partial charge is 0.260 e. The molecule has 1 N–H and O–H groups in total. The molecule has 4 heteroatoms. The lowest BCUT2D eigenvalue weighted by molar-refractivity contribution is -0.127. The molecule has 122 valence electrons. The summed E-state index contributed by atoms with van der Waals surface area (Å²) in [5.74, 6) is 0.337. The first-order valence-corrected chi connectivity index (χ1v) is 7.87. The zero-order valence-electron chi connectivity index (χ0n) is 13.5. The maximum Gasteiger partial charge on any atom is 0.260 e. The summed E-state index contributed by atoms with van der Waals surface area (Å²) in [6.45, 7) is 4.28. The Morgan fingerprint density at radius 3 is 2.57 bits per heavy atom. The van der Waals surface area contributed by atoms with Crippen molar-refractivity contribution in [3.63, 3.8) is 0 Å². The van der Waals surface area contributed by atoms with E-state index in [1.807, 2.05) is 24.3 Å². The van der Waals surface area contributed by atoms with Crippen LogP contribution < -0.4 is 10.1 Å². The van der Waals surface area contributed by atoms with Crippen molar-refractivity contribution >= 4 is 5.91 Å². The molecule has 3 nitrogen and oxygen atoms in total. The van der Waals surface area contributed by atoms with E-state index < -0.39 is 6.10 Å². The SMILES string of the molecule is CCc1ccccc1O[C@@H](C)C(=O)NCCc1ccc(F)cc1. The number of carbonyl (C=O) groups excluding carboxylic acids is 1. The third-order valence-corrected chi connectivity index (χ3v) is 3.65. The number of aryl methyl sites for hydroxylation is 1. The van der Waals surface area contributed by atoms with Crippen LogP contribution >= 0.6 is 0 Å². The van der Waals surface area contributed by atoms with Gasteiger partial charge in [-0.05, 0) is 49.1 Å². The van der Waals surface area contributed by atoms with Crippen molar-refractivity contribution in [3.05, 3.63) is 65.5 Å². The molecule has 0 heterocycles. The van der Waals surface area contributed by atoms with Gasteiger partial charge in [0.05, 0.1) is 0 Å². The molecule has 0 bridgehead atoms. The van der Waals surface area contributed by atoms with Gasteiger partial charge in [0.1, 0.15) is 11.6 Å². The minimum Gasteiger partial charge on any atom is -0.481 e. The highest BCUT2D eigenvalue weighted by Gasteiger charge is 2.15. The molecule has 0 saturated carbocycles. The third-order valence-electron chi connectivity index (χ3n) is 3.65. The van der Waals surface area contributed by atoms with Gasteiger partial charge in [-0.2, -0.15) is 0 Å². The highest BCUT2D eigenvalue weighted by Crippen LogP contribution is 2.19. The molecular weight excluding hydrogens is 293 g/mol. The van der Waals surface area contributed by atoms with Gasteiger partial charge in [-0.3, -0.25) is 4.79 Å². The van der Waals surface area contributed by atoms with Crippen molar-refractivity contribution < 1.29 is 13.9 Å². The number of ether oxygens (including phenoxy) is 1. The van der Waals surface area contributed by atoms with Gasteiger partial charge in [0.2, 0.25) is 0 Å². The molecule has 0 fully saturated rings. The lowest BCUT2D eigenvalue weighted by Crippen LogP contribution is -2.37. The molecule has 0 aromatic heterocycles. The van der Waals surface area contributed by atoms with Crippen LogP contribution in [0.4, 0.5) is 4.39 Å². The molecule has 0 aliphatic carbocycles. The number of hydrogen-bond acceptors (Lipinski definition) is 2. The van der Waals surface area contributed by atoms with E-state index in [9.17, 15) is 9.18 Å². The van der Waals surface area contributed by atoms with Crippen LogP contribution in [0.5, 0.6) is 5.75 Å². The van der Waals surface area contributed by atoms with Gasteiger partial charge < -0.3 is 10.1 Å². The van der Waals surface area contributed by atoms with Crippen LogP contribution in [0.1, 0.15) is 25.0 Å². The molecule has 0 aliphatic rings. The third kappa shape index (κ3) is 5.09. The van der Waals surface area contributed by atoms with Crippen LogP contribution in [-0.4, -0.2) is 18.6 Å². The first-order valence-electron chi connectivity index (χ1n) is 7.87. The minimum absolute atomic E-state index is 0.155. The molecule has 0 spiro atoms. The number of halogens is 1. The standard InChI is InChI=1S/C19H22FNO2/c1-3-16-6-4-5-7-18(16)23-14(2)19(22)21-13-12-15-8-10-17(20)11-9-15/h4-11,14H,3,12-13H2,1-2H3,(H,21,22)/t14-/m0/s1. The van der Waals surface area contributed by atoms with Gasteiger partial charge in [0, 0.05) is 6.54 Å². The lowest BCUT2D eigenvalue weighted by atomic mass is 10.1. The van der Waals surface area contributed by atoms with Gasteiger partial charge in [-0.15, -0.1) is 0 Å². The number of amides is 1. The van der Waals surface area contributed by atoms with E-state index in [-0.39, 0.29) is 11.7 Å². The van der Waals surface area contributed by atoms with E-state index in [0.29, 0.717) is 13.0 Å². The zero-order chi connectivity index (χ0) is 16.7. The van der Waals surface area contributed by atoms with E-state index in [4.69, 9.17) is 4.74 Å². The Labute approximate surface area is 136 Å². The average Bonchev–Trinajstić information content (AvgIpc) is 2.57. The highest BCUT2D eigenvalue weighted by atomic mass is 19.1. The molecule has 1 atom stereocenters. The number of nitrogens with one attached hydrogen (secondary N) is 1. The maximum atomic E-state index is 12.8. The first-order chi connectivity index (χ1) is 11.1. The fraction of sp³-hybridized carbons (Fsp3) is 0.316. The average molecular weight is 315 g/mol. The molecule has 0 radical (unpaired) electrons. The normalized spacial score (nSPS) is 11.8. The second-order valence-corrected chi connectivity index (χ2v) is 5.39. The quantitative estimate of drug-likeness (QED) is 0.849. The van der Waals surface area contributed by atoms with Crippen LogP contribution in [0.25, 0.3) is 0 Å². The van der Waals surface area contributed by atoms with E-state index in [1.54, 1.807) is 19.1 Å². The Morgan fingerprint density at radius 2 is 1.87 bits per heavy atom. The number of rotatable bonds is 7. The molecule has 2 aromatic carbocycles. The van der Waals surface area contributed by atoms with Crippen LogP contribution in [0.3, 0.4) is 0 Å². The van der Waals surface area contributed by atoms with Gasteiger partial charge in [-0.1, -0.05) is 37.3 Å². The maximum absolute atomic E-state index is 12.8. The second kappa shape index (κ2) is 8.32. The highest BCUT2D eigenvalue weighted by molar-refractivity contribution is 5.80. The summed E-state index contributed by atoms with van der Waals surface area (Å²) in [5.41, 5.74) is 2.06. The molecule has 0 saturated heterocycles. The topological polar surface area (TPSA) is 38.3 Å². The summed E-state index contributed by atoms with van der Waals surface area (Å²) in [6, 6.07) is 14.0. The Bertz CT molecular complexity index is 640. The second-order valence-electron chi connectivity index (χ2n) is 5.39. The molecule has 1 amide bonds. The summed E-state index contributed by atoms with van der Waals surface area (Å²) in [7, 11) is 0. The lowest BCUT2D eigenvalue weighted by Gasteiger charge is -2.16. The van der Waals surface area contributed by atoms with Crippen molar-refractivity contribution in [1.82, 2.24) is 5.32 Å². The Balaban J connectivity index is 1.81. The van der Waals surface area contributed by atoms with E-state index >= 15 is 0 Å². The molecule has 0 aliphatic heterocycles. The summed E-state index contributed by atoms with van der Waals surface area (Å²) < 4.78 is 18.6. The fourth-order valence-electron chi connectivity index (χ4n) is 2.28. The summed E-state index contributed by atoms with van der Waals surface area (Å²) in [5, 5.41) is 2.85. The van der Waals surface area contributed by atoms with Crippen molar-refractivity contribution in [3.8, 4) is 5.75 Å². The van der Waals surface area contributed by atoms with Gasteiger partial charge in [0.25, 0.3) is 5.91 Å². The summed E-state index contributed by atoms with van der Waals surface area (Å²) >= 11 is 0. The van der Waals surface area contributed by atoms with Crippen LogP contribution in [0.15, 0.2) is 48.5 Å². The van der Waals surface area contributed by atoms with Crippen molar-refractivity contribution in [1.29, 1.82) is 0 Å². The van der Waals surface area contributed by atoms with Gasteiger partial charge >= 0.3 is 0 Å². The Morgan fingerprint density at radius 1 is 1.17 bits per heavy atom. The van der Waals surface area contributed by atoms with Crippen LogP contribution in [0.2, 0.25) is 0 Å². The van der Waals surface area contributed by atoms with E-state index in [0.717, 1.165) is 23.3 Å². The first kappa shape index (κ1) is 17.0. The molecule has 2 rings (SSSR count). The number of benzene rings is 2. The molecule has 0 unspecified atom stereocenters. The zero-order valence-corrected chi connectivity index (χ0v) is 13.5. The number of para-hydroxylation sites is 1. The van der Waals surface area contributed by atoms with Crippen molar-refractivity contribution in [2.45, 2.75) is 32.8 Å². The van der Waals surface area contributed by atoms with E-state index in [2.05, 4.69) is 12.2 Å². The monoisotopic (exact) mass is 315 g/mol. The summed E-state index contributed by atoms with van der Waals surface area (Å²) in [6.07, 6.45) is 0.954. The van der Waals surface area contributed by atoms with Gasteiger partial charge in [0.15, 0.2) is 6.10 Å². The molecule has 23 heavy (non-hydrogen) atoms. The molecule has 2 aromatic rings. The fourth-order valence-corrected chi connectivity index (χ4v) is 2.28. The van der Waals surface area contributed by atoms with Crippen molar-refractivity contribution in [2.75, 3.05) is 6.54 Å². The number of carbonyl (C=O) groups is 1. The van der Waals surface area contributed by atoms with E-state index in [1.165, 1.54) is 12.1 Å². The predicted molar refractivity (Wildman–Crippen MR) is 89.0 cm³/mol. The molecular formula is C19H22FNO2. The Hall–Kier alpha value is -2.36. The summed E-state index contributed by atoms with van der Waals surface area (Å²) in [4.78, 5) is 12.1. The predicted octanol–water partition coefficient (Wildman–Crippen LogP) is 3.51. The largest absolute Gasteiger partial charge is 0.481 e. The van der Waals surface area contributed by atoms with Gasteiger partial charge in [-0.25, -0.2) is 4.39 Å². The van der Waals surface area contributed by atoms with Crippen LogP contribution in [0, 0.1) is 5.82 Å².